The van der Waals surface area contributed by atoms with Crippen LogP contribution in [0.3, 0.4) is 0 Å². The van der Waals surface area contributed by atoms with E-state index >= 15 is 0 Å². The second-order valence-corrected chi connectivity index (χ2v) is 8.60. The van der Waals surface area contributed by atoms with Gasteiger partial charge in [-0.1, -0.05) is 48.5 Å². The van der Waals surface area contributed by atoms with Gasteiger partial charge in [0.2, 0.25) is 5.91 Å². The van der Waals surface area contributed by atoms with Gasteiger partial charge in [-0.05, 0) is 24.1 Å². The van der Waals surface area contributed by atoms with Crippen molar-refractivity contribution >= 4 is 23.6 Å². The van der Waals surface area contributed by atoms with Crippen LogP contribution < -0.4 is 0 Å². The average molecular weight is 397 g/mol. The molecule has 2 fully saturated rings. The number of hydrogen-bond acceptors (Lipinski definition) is 4. The van der Waals surface area contributed by atoms with Gasteiger partial charge in [-0.15, -0.1) is 11.8 Å². The highest BCUT2D eigenvalue weighted by atomic mass is 32.2. The summed E-state index contributed by atoms with van der Waals surface area (Å²) in [6.45, 7) is 1.53. The van der Waals surface area contributed by atoms with Gasteiger partial charge >= 0.3 is 5.97 Å². The van der Waals surface area contributed by atoms with Crippen LogP contribution in [0.5, 0.6) is 0 Å². The fourth-order valence-corrected chi connectivity index (χ4v) is 5.29. The number of carbonyl (C=O) groups excluding carboxylic acids is 1. The normalized spacial score (nSPS) is 25.1. The smallest absolute Gasteiger partial charge is 0.311 e. The number of fused-ring (bicyclic) bond motifs is 1. The number of carboxylic acids is 1. The van der Waals surface area contributed by atoms with Gasteiger partial charge < -0.3 is 14.7 Å². The minimum atomic E-state index is -0.882. The molecule has 3 atom stereocenters. The van der Waals surface area contributed by atoms with E-state index in [0.717, 1.165) is 10.5 Å². The molecule has 2 heterocycles. The van der Waals surface area contributed by atoms with E-state index in [9.17, 15) is 14.7 Å². The van der Waals surface area contributed by atoms with Crippen molar-refractivity contribution in [1.29, 1.82) is 0 Å². The number of ether oxygens (including phenoxy) is 1. The van der Waals surface area contributed by atoms with Crippen LogP contribution in [0.2, 0.25) is 0 Å². The predicted octanol–water partition coefficient (Wildman–Crippen LogP) is 3.47. The van der Waals surface area contributed by atoms with Crippen molar-refractivity contribution in [3.8, 4) is 0 Å². The summed E-state index contributed by atoms with van der Waals surface area (Å²) in [5.74, 6) is -1.00. The number of nitrogens with zero attached hydrogens (tertiary/aromatic N) is 1. The van der Waals surface area contributed by atoms with E-state index in [1.165, 1.54) is 11.8 Å². The fraction of sp³-hybridized carbons (Fsp3) is 0.364. The zero-order valence-electron chi connectivity index (χ0n) is 15.5. The van der Waals surface area contributed by atoms with E-state index in [1.54, 1.807) is 4.90 Å². The highest BCUT2D eigenvalue weighted by Gasteiger charge is 2.55. The molecule has 2 aromatic rings. The molecule has 28 heavy (non-hydrogen) atoms. The van der Waals surface area contributed by atoms with Crippen LogP contribution in [-0.4, -0.2) is 48.2 Å². The molecule has 6 heteroatoms. The molecule has 1 N–H and O–H groups in total. The number of likely N-dealkylation sites (tertiary alicyclic amines) is 1. The van der Waals surface area contributed by atoms with Gasteiger partial charge in [0.25, 0.3) is 0 Å². The number of thioether (sulfide) groups is 1. The Labute approximate surface area is 168 Å². The number of rotatable bonds is 5. The van der Waals surface area contributed by atoms with E-state index in [0.29, 0.717) is 26.2 Å². The first kappa shape index (κ1) is 19.0. The Kier molecular flexibility index (Phi) is 5.42. The van der Waals surface area contributed by atoms with Crippen LogP contribution >= 0.6 is 11.8 Å². The Morgan fingerprint density at radius 1 is 1.11 bits per heavy atom. The summed E-state index contributed by atoms with van der Waals surface area (Å²) in [6, 6.07) is 19.5. The molecule has 1 amide bonds. The molecule has 0 spiro atoms. The molecular formula is C22H23NO4S. The Balaban J connectivity index is 1.61. The van der Waals surface area contributed by atoms with Crippen molar-refractivity contribution in [3.05, 3.63) is 66.2 Å². The first-order chi connectivity index (χ1) is 13.6. The molecule has 0 radical (unpaired) electrons. The third kappa shape index (κ3) is 3.54. The van der Waals surface area contributed by atoms with Crippen LogP contribution in [0.1, 0.15) is 17.2 Å². The quantitative estimate of drug-likeness (QED) is 0.783. The lowest BCUT2D eigenvalue weighted by Crippen LogP contribution is -2.45. The SMILES string of the molecule is O=C(C(Sc1ccccc1)c1ccccc1)N1C[C@H]2COCC[C@@]2(C(=O)O)C1. The molecule has 0 bridgehead atoms. The summed E-state index contributed by atoms with van der Waals surface area (Å²) < 4.78 is 5.52. The molecule has 146 valence electrons. The van der Waals surface area contributed by atoms with Crippen molar-refractivity contribution in [2.45, 2.75) is 16.6 Å². The van der Waals surface area contributed by atoms with Crippen molar-refractivity contribution in [1.82, 2.24) is 4.90 Å². The summed E-state index contributed by atoms with van der Waals surface area (Å²) in [5, 5.41) is 9.48. The van der Waals surface area contributed by atoms with Crippen LogP contribution in [0.4, 0.5) is 0 Å². The lowest BCUT2D eigenvalue weighted by atomic mass is 9.74. The lowest BCUT2D eigenvalue weighted by molar-refractivity contribution is -0.157. The van der Waals surface area contributed by atoms with Gasteiger partial charge in [-0.3, -0.25) is 9.59 Å². The Morgan fingerprint density at radius 2 is 1.79 bits per heavy atom. The Hall–Kier alpha value is -2.31. The molecule has 2 aliphatic heterocycles. The number of carboxylic acid groups (broad SMARTS) is 1. The van der Waals surface area contributed by atoms with E-state index < -0.39 is 16.6 Å². The number of carbonyl (C=O) groups is 2. The van der Waals surface area contributed by atoms with Crippen molar-refractivity contribution in [3.63, 3.8) is 0 Å². The third-order valence-corrected chi connectivity index (χ3v) is 7.02. The molecule has 0 aliphatic carbocycles. The highest BCUT2D eigenvalue weighted by molar-refractivity contribution is 8.00. The van der Waals surface area contributed by atoms with Gasteiger partial charge in [0.05, 0.1) is 12.0 Å². The first-order valence-electron chi connectivity index (χ1n) is 9.47. The molecule has 0 saturated carbocycles. The summed E-state index contributed by atoms with van der Waals surface area (Å²) in [7, 11) is 0. The van der Waals surface area contributed by atoms with Gasteiger partial charge in [-0.25, -0.2) is 0 Å². The molecule has 1 unspecified atom stereocenters. The second-order valence-electron chi connectivity index (χ2n) is 7.42. The molecule has 5 nitrogen and oxygen atoms in total. The zero-order valence-corrected chi connectivity index (χ0v) is 16.3. The van der Waals surface area contributed by atoms with Gasteiger partial charge in [0.1, 0.15) is 5.25 Å². The second kappa shape index (κ2) is 7.97. The van der Waals surface area contributed by atoms with Gasteiger partial charge in [-0.2, -0.15) is 0 Å². The lowest BCUT2D eigenvalue weighted by Gasteiger charge is -2.34. The number of hydrogen-bond donors (Lipinski definition) is 1. The molecule has 2 aromatic carbocycles. The third-order valence-electron chi connectivity index (χ3n) is 5.77. The number of amides is 1. The molecule has 0 aromatic heterocycles. The van der Waals surface area contributed by atoms with Crippen LogP contribution in [0.25, 0.3) is 0 Å². The first-order valence-corrected chi connectivity index (χ1v) is 10.3. The summed E-state index contributed by atoms with van der Waals surface area (Å²) >= 11 is 1.51. The van der Waals surface area contributed by atoms with Crippen LogP contribution in [-0.2, 0) is 14.3 Å². The minimum Gasteiger partial charge on any atom is -0.481 e. The molecule has 4 rings (SSSR count). The Bertz CT molecular complexity index is 844. The number of benzene rings is 2. The Morgan fingerprint density at radius 3 is 2.43 bits per heavy atom. The summed E-state index contributed by atoms with van der Waals surface area (Å²) in [4.78, 5) is 28.3. The van der Waals surface area contributed by atoms with E-state index in [-0.39, 0.29) is 18.4 Å². The predicted molar refractivity (Wildman–Crippen MR) is 107 cm³/mol. The van der Waals surface area contributed by atoms with Crippen molar-refractivity contribution in [2.75, 3.05) is 26.3 Å². The van der Waals surface area contributed by atoms with E-state index in [4.69, 9.17) is 4.74 Å². The van der Waals surface area contributed by atoms with Gasteiger partial charge in [0.15, 0.2) is 0 Å². The zero-order chi connectivity index (χ0) is 19.6. The maximum Gasteiger partial charge on any atom is 0.311 e. The molecular weight excluding hydrogens is 374 g/mol. The highest BCUT2D eigenvalue weighted by Crippen LogP contribution is 2.45. The standard InChI is InChI=1S/C22H23NO4S/c24-20(23-13-17-14-27-12-11-22(17,15-23)21(25)26)19(16-7-3-1-4-8-16)28-18-9-5-2-6-10-18/h1-10,17,19H,11-15H2,(H,25,26)/t17-,19?,22+/m0/s1. The maximum absolute atomic E-state index is 13.5. The fourth-order valence-electron chi connectivity index (χ4n) is 4.16. The van der Waals surface area contributed by atoms with Crippen molar-refractivity contribution < 1.29 is 19.4 Å². The largest absolute Gasteiger partial charge is 0.481 e. The van der Waals surface area contributed by atoms with Crippen LogP contribution in [0.15, 0.2) is 65.6 Å². The molecule has 2 saturated heterocycles. The van der Waals surface area contributed by atoms with E-state index in [1.807, 2.05) is 60.7 Å². The summed E-state index contributed by atoms with van der Waals surface area (Å²) in [5.41, 5.74) is 0.0453. The van der Waals surface area contributed by atoms with Crippen molar-refractivity contribution in [2.24, 2.45) is 11.3 Å². The summed E-state index contributed by atoms with van der Waals surface area (Å²) in [6.07, 6.45) is 0.457. The monoisotopic (exact) mass is 397 g/mol. The molecule has 2 aliphatic rings. The van der Waals surface area contributed by atoms with E-state index in [2.05, 4.69) is 0 Å². The number of aliphatic carboxylic acids is 1. The maximum atomic E-state index is 13.5. The minimum absolute atomic E-state index is 0.0323. The van der Waals surface area contributed by atoms with Crippen LogP contribution in [0, 0.1) is 11.3 Å². The average Bonchev–Trinajstić information content (AvgIpc) is 3.14. The topological polar surface area (TPSA) is 66.8 Å². The van der Waals surface area contributed by atoms with Gasteiger partial charge in [0, 0.05) is 30.5 Å².